The van der Waals surface area contributed by atoms with Gasteiger partial charge in [0.2, 0.25) is 5.82 Å². The highest BCUT2D eigenvalue weighted by Gasteiger charge is 2.31. The molecule has 0 spiro atoms. The Kier molecular flexibility index (Phi) is 4.28. The van der Waals surface area contributed by atoms with Crippen molar-refractivity contribution in [2.45, 2.75) is 26.1 Å². The zero-order valence-electron chi connectivity index (χ0n) is 11.4. The number of nitriles is 1. The number of aromatic nitrogens is 3. The van der Waals surface area contributed by atoms with E-state index in [1.54, 1.807) is 6.07 Å². The summed E-state index contributed by atoms with van der Waals surface area (Å²) in [6.07, 6.45) is -3.94. The van der Waals surface area contributed by atoms with Crippen LogP contribution in [0, 0.1) is 11.3 Å². The smallest absolute Gasteiger partial charge is 0.266 e. The predicted octanol–water partition coefficient (Wildman–Crippen LogP) is 2.99. The van der Waals surface area contributed by atoms with Gasteiger partial charge in [-0.1, -0.05) is 18.5 Å². The van der Waals surface area contributed by atoms with Crippen molar-refractivity contribution in [1.82, 2.24) is 14.3 Å². The van der Waals surface area contributed by atoms with E-state index in [9.17, 15) is 18.0 Å². The summed E-state index contributed by atoms with van der Waals surface area (Å²) in [5.41, 5.74) is -1.56. The molecule has 2 rings (SSSR count). The van der Waals surface area contributed by atoms with E-state index < -0.39 is 17.4 Å². The Labute approximate surface area is 128 Å². The molecule has 116 valence electrons. The summed E-state index contributed by atoms with van der Waals surface area (Å²) in [4.78, 5) is 12.2. The van der Waals surface area contributed by atoms with E-state index in [1.165, 1.54) is 0 Å². The molecule has 0 N–H and O–H groups in total. The molecule has 0 bridgehead atoms. The van der Waals surface area contributed by atoms with Gasteiger partial charge in [-0.15, -0.1) is 5.10 Å². The van der Waals surface area contributed by atoms with Crippen molar-refractivity contribution in [3.05, 3.63) is 45.1 Å². The molecule has 1 heterocycles. The Morgan fingerprint density at radius 1 is 1.41 bits per heavy atom. The van der Waals surface area contributed by atoms with Crippen molar-refractivity contribution in [1.29, 1.82) is 5.26 Å². The number of halogens is 4. The standard InChI is InChI=1S/C13H10ClF3N4O/c1-2-5-20-11(7-18)19-21(12(20)22)10-4-3-8(6-9(10)14)13(15,16)17/h3-4,6H,2,5H2,1H3. The van der Waals surface area contributed by atoms with Gasteiger partial charge in [-0.25, -0.2) is 4.79 Å². The highest BCUT2D eigenvalue weighted by atomic mass is 35.5. The molecule has 2 aromatic rings. The third kappa shape index (κ3) is 2.85. The summed E-state index contributed by atoms with van der Waals surface area (Å²) in [6.45, 7) is 2.09. The van der Waals surface area contributed by atoms with Gasteiger partial charge in [-0.05, 0) is 24.6 Å². The Hall–Kier alpha value is -2.27. The van der Waals surface area contributed by atoms with Crippen LogP contribution in [-0.2, 0) is 12.7 Å². The number of hydrogen-bond donors (Lipinski definition) is 0. The third-order valence-electron chi connectivity index (χ3n) is 2.91. The minimum atomic E-state index is -4.54. The first-order valence-corrected chi connectivity index (χ1v) is 6.64. The lowest BCUT2D eigenvalue weighted by Gasteiger charge is -2.09. The first-order valence-electron chi connectivity index (χ1n) is 6.26. The lowest BCUT2D eigenvalue weighted by molar-refractivity contribution is -0.137. The van der Waals surface area contributed by atoms with Gasteiger partial charge in [0.15, 0.2) is 0 Å². The summed E-state index contributed by atoms with van der Waals surface area (Å²) in [5, 5.41) is 12.5. The van der Waals surface area contributed by atoms with Crippen LogP contribution in [-0.4, -0.2) is 14.3 Å². The predicted molar refractivity (Wildman–Crippen MR) is 72.8 cm³/mol. The van der Waals surface area contributed by atoms with Crippen LogP contribution >= 0.6 is 11.6 Å². The molecule has 9 heteroatoms. The fourth-order valence-corrected chi connectivity index (χ4v) is 2.18. The van der Waals surface area contributed by atoms with E-state index in [0.717, 1.165) is 21.4 Å². The highest BCUT2D eigenvalue weighted by molar-refractivity contribution is 6.32. The average molecular weight is 331 g/mol. The van der Waals surface area contributed by atoms with Crippen LogP contribution in [0.4, 0.5) is 13.2 Å². The van der Waals surface area contributed by atoms with Gasteiger partial charge in [0, 0.05) is 6.54 Å². The second-order valence-corrected chi connectivity index (χ2v) is 4.85. The van der Waals surface area contributed by atoms with Gasteiger partial charge >= 0.3 is 11.9 Å². The van der Waals surface area contributed by atoms with Crippen molar-refractivity contribution < 1.29 is 13.2 Å². The molecule has 1 aromatic carbocycles. The summed E-state index contributed by atoms with van der Waals surface area (Å²) < 4.78 is 39.8. The van der Waals surface area contributed by atoms with Crippen molar-refractivity contribution in [2.24, 2.45) is 0 Å². The van der Waals surface area contributed by atoms with Gasteiger partial charge in [0.05, 0.1) is 16.3 Å². The van der Waals surface area contributed by atoms with E-state index in [2.05, 4.69) is 5.10 Å². The number of benzene rings is 1. The van der Waals surface area contributed by atoms with Gasteiger partial charge in [0.1, 0.15) is 6.07 Å². The maximum absolute atomic E-state index is 12.6. The van der Waals surface area contributed by atoms with E-state index in [4.69, 9.17) is 16.9 Å². The van der Waals surface area contributed by atoms with Crippen LogP contribution < -0.4 is 5.69 Å². The summed E-state index contributed by atoms with van der Waals surface area (Å²) in [7, 11) is 0. The van der Waals surface area contributed by atoms with E-state index in [0.29, 0.717) is 12.5 Å². The SMILES string of the molecule is CCCn1c(C#N)nn(-c2ccc(C(F)(F)F)cc2Cl)c1=O. The van der Waals surface area contributed by atoms with Gasteiger partial charge < -0.3 is 0 Å². The molecule has 5 nitrogen and oxygen atoms in total. The van der Waals surface area contributed by atoms with Crippen LogP contribution in [0.2, 0.25) is 5.02 Å². The molecule has 0 radical (unpaired) electrons. The van der Waals surface area contributed by atoms with Crippen LogP contribution in [0.5, 0.6) is 0 Å². The summed E-state index contributed by atoms with van der Waals surface area (Å²) >= 11 is 5.83. The quantitative estimate of drug-likeness (QED) is 0.869. The number of nitrogens with zero attached hydrogens (tertiary/aromatic N) is 4. The Balaban J connectivity index is 2.59. The first kappa shape index (κ1) is 16.1. The number of hydrogen-bond acceptors (Lipinski definition) is 3. The molecule has 0 amide bonds. The molecular formula is C13H10ClF3N4O. The van der Waals surface area contributed by atoms with Crippen molar-refractivity contribution in [2.75, 3.05) is 0 Å². The van der Waals surface area contributed by atoms with E-state index in [1.807, 2.05) is 6.92 Å². The number of alkyl halides is 3. The molecule has 0 saturated heterocycles. The zero-order chi connectivity index (χ0) is 16.5. The lowest BCUT2D eigenvalue weighted by Crippen LogP contribution is -2.24. The second kappa shape index (κ2) is 5.85. The minimum absolute atomic E-state index is 0.00832. The van der Waals surface area contributed by atoms with Crippen LogP contribution in [0.3, 0.4) is 0 Å². The van der Waals surface area contributed by atoms with E-state index >= 15 is 0 Å². The number of rotatable bonds is 3. The van der Waals surface area contributed by atoms with Crippen LogP contribution in [0.1, 0.15) is 24.7 Å². The van der Waals surface area contributed by atoms with Gasteiger partial charge in [-0.2, -0.15) is 23.1 Å². The third-order valence-corrected chi connectivity index (χ3v) is 3.22. The largest absolute Gasteiger partial charge is 0.416 e. The summed E-state index contributed by atoms with van der Waals surface area (Å²) in [5.74, 6) is -0.122. The molecular weight excluding hydrogens is 321 g/mol. The molecule has 0 aliphatic rings. The fraction of sp³-hybridized carbons (Fsp3) is 0.308. The Morgan fingerprint density at radius 2 is 2.09 bits per heavy atom. The summed E-state index contributed by atoms with van der Waals surface area (Å²) in [6, 6.07) is 4.35. The van der Waals surface area contributed by atoms with Crippen LogP contribution in [0.25, 0.3) is 5.69 Å². The highest BCUT2D eigenvalue weighted by Crippen LogP contribution is 2.32. The molecule has 0 aliphatic carbocycles. The monoisotopic (exact) mass is 330 g/mol. The first-order chi connectivity index (χ1) is 10.3. The topological polar surface area (TPSA) is 63.6 Å². The van der Waals surface area contributed by atoms with Crippen molar-refractivity contribution in [3.63, 3.8) is 0 Å². The zero-order valence-corrected chi connectivity index (χ0v) is 12.1. The maximum atomic E-state index is 12.6. The van der Waals surface area contributed by atoms with E-state index in [-0.39, 0.29) is 23.1 Å². The van der Waals surface area contributed by atoms with Crippen molar-refractivity contribution >= 4 is 11.6 Å². The van der Waals surface area contributed by atoms with Gasteiger partial charge in [0.25, 0.3) is 0 Å². The molecule has 0 unspecified atom stereocenters. The van der Waals surface area contributed by atoms with Crippen molar-refractivity contribution in [3.8, 4) is 11.8 Å². The fourth-order valence-electron chi connectivity index (χ4n) is 1.92. The maximum Gasteiger partial charge on any atom is 0.416 e. The minimum Gasteiger partial charge on any atom is -0.266 e. The average Bonchev–Trinajstić information content (AvgIpc) is 2.75. The molecule has 22 heavy (non-hydrogen) atoms. The molecule has 0 aliphatic heterocycles. The van der Waals surface area contributed by atoms with Gasteiger partial charge in [-0.3, -0.25) is 4.57 Å². The second-order valence-electron chi connectivity index (χ2n) is 4.45. The van der Waals surface area contributed by atoms with Crippen LogP contribution in [0.15, 0.2) is 23.0 Å². The molecule has 0 saturated carbocycles. The molecule has 0 atom stereocenters. The Morgan fingerprint density at radius 3 is 2.59 bits per heavy atom. The molecule has 1 aromatic heterocycles. The normalized spacial score (nSPS) is 11.5. The molecule has 0 fully saturated rings. The lowest BCUT2D eigenvalue weighted by atomic mass is 10.2. The Bertz CT molecular complexity index is 801.